The molecule has 0 aromatic carbocycles. The fraction of sp³-hybridized carbons (Fsp3) is 0.364. The summed E-state index contributed by atoms with van der Waals surface area (Å²) in [5, 5.41) is 19.8. The van der Waals surface area contributed by atoms with Gasteiger partial charge in [0.05, 0.1) is 6.42 Å². The van der Waals surface area contributed by atoms with Gasteiger partial charge in [-0.2, -0.15) is 0 Å². The van der Waals surface area contributed by atoms with Crippen LogP contribution >= 0.6 is 0 Å². The molecular weight excluding hydrogens is 224 g/mol. The van der Waals surface area contributed by atoms with Gasteiger partial charge in [-0.1, -0.05) is 0 Å². The summed E-state index contributed by atoms with van der Waals surface area (Å²) in [5.41, 5.74) is 0.755. The quantitative estimate of drug-likeness (QED) is 0.625. The monoisotopic (exact) mass is 238 g/mol. The summed E-state index contributed by atoms with van der Waals surface area (Å²) in [7, 11) is 0. The van der Waals surface area contributed by atoms with Crippen LogP contribution in [-0.2, 0) is 16.0 Å². The first kappa shape index (κ1) is 13.1. The summed E-state index contributed by atoms with van der Waals surface area (Å²) in [6.07, 6.45) is 3.21. The lowest BCUT2D eigenvalue weighted by Crippen LogP contribution is -2.42. The number of hydrogen-bond donors (Lipinski definition) is 3. The molecule has 0 aliphatic rings. The molecule has 17 heavy (non-hydrogen) atoms. The molecule has 92 valence electrons. The Kier molecular flexibility index (Phi) is 5.09. The van der Waals surface area contributed by atoms with Crippen molar-refractivity contribution >= 4 is 11.9 Å². The molecule has 0 unspecified atom stereocenters. The number of nitrogens with zero attached hydrogens (tertiary/aromatic N) is 1. The topological polar surface area (TPSA) is 99.5 Å². The van der Waals surface area contributed by atoms with Gasteiger partial charge in [-0.3, -0.25) is 9.78 Å². The lowest BCUT2D eigenvalue weighted by atomic mass is 10.1. The second-order valence-corrected chi connectivity index (χ2v) is 3.50. The molecule has 0 aliphatic carbocycles. The number of pyridine rings is 1. The maximum atomic E-state index is 11.5. The first-order valence-corrected chi connectivity index (χ1v) is 5.15. The predicted molar refractivity (Wildman–Crippen MR) is 59.2 cm³/mol. The molecule has 1 amide bonds. The average Bonchev–Trinajstić information content (AvgIpc) is 2.29. The number of carbonyl (C=O) groups is 2. The normalized spacial score (nSPS) is 11.8. The van der Waals surface area contributed by atoms with Crippen LogP contribution < -0.4 is 5.32 Å². The maximum absolute atomic E-state index is 11.5. The van der Waals surface area contributed by atoms with Gasteiger partial charge in [-0.15, -0.1) is 0 Å². The number of aromatic nitrogens is 1. The molecule has 1 aromatic heterocycles. The molecule has 0 radical (unpaired) electrons. The highest BCUT2D eigenvalue weighted by Crippen LogP contribution is 1.99. The van der Waals surface area contributed by atoms with Gasteiger partial charge in [0.15, 0.2) is 0 Å². The number of aliphatic carboxylic acids is 1. The second-order valence-electron chi connectivity index (χ2n) is 3.50. The number of carboxylic acid groups (broad SMARTS) is 1. The standard InChI is InChI=1S/C11H14N2O4/c14-6-3-9(11(16)17)13-10(15)7-8-1-4-12-5-2-8/h1-2,4-5,9,14H,3,6-7H2,(H,13,15)(H,16,17)/t9-/m0/s1. The van der Waals surface area contributed by atoms with Crippen LogP contribution in [0.25, 0.3) is 0 Å². The largest absolute Gasteiger partial charge is 0.480 e. The van der Waals surface area contributed by atoms with E-state index in [9.17, 15) is 9.59 Å². The Hall–Kier alpha value is -1.95. The highest BCUT2D eigenvalue weighted by molar-refractivity contribution is 5.84. The first-order valence-electron chi connectivity index (χ1n) is 5.15. The van der Waals surface area contributed by atoms with Gasteiger partial charge in [-0.05, 0) is 17.7 Å². The van der Waals surface area contributed by atoms with Gasteiger partial charge >= 0.3 is 5.97 Å². The van der Waals surface area contributed by atoms with Crippen LogP contribution in [0.3, 0.4) is 0 Å². The van der Waals surface area contributed by atoms with E-state index in [-0.39, 0.29) is 19.4 Å². The van der Waals surface area contributed by atoms with Gasteiger partial charge < -0.3 is 15.5 Å². The van der Waals surface area contributed by atoms with E-state index >= 15 is 0 Å². The van der Waals surface area contributed by atoms with Crippen LogP contribution in [0.4, 0.5) is 0 Å². The summed E-state index contributed by atoms with van der Waals surface area (Å²) >= 11 is 0. The minimum Gasteiger partial charge on any atom is -0.480 e. The van der Waals surface area contributed by atoms with Crippen molar-refractivity contribution in [2.75, 3.05) is 6.61 Å². The highest BCUT2D eigenvalue weighted by Gasteiger charge is 2.18. The Bertz CT molecular complexity index is 380. The van der Waals surface area contributed by atoms with Crippen LogP contribution in [-0.4, -0.2) is 39.7 Å². The number of rotatable bonds is 6. The molecule has 0 saturated carbocycles. The molecule has 0 fully saturated rings. The smallest absolute Gasteiger partial charge is 0.326 e. The minimum atomic E-state index is -1.15. The van der Waals surface area contributed by atoms with Gasteiger partial charge in [0.1, 0.15) is 6.04 Å². The molecule has 0 bridgehead atoms. The van der Waals surface area contributed by atoms with E-state index in [1.165, 1.54) is 0 Å². The van der Waals surface area contributed by atoms with E-state index in [2.05, 4.69) is 10.3 Å². The van der Waals surface area contributed by atoms with Crippen molar-refractivity contribution in [1.29, 1.82) is 0 Å². The van der Waals surface area contributed by atoms with Gasteiger partial charge in [0.25, 0.3) is 0 Å². The molecule has 1 rings (SSSR count). The molecule has 3 N–H and O–H groups in total. The lowest BCUT2D eigenvalue weighted by Gasteiger charge is -2.12. The molecule has 6 heteroatoms. The molecule has 1 atom stereocenters. The number of carboxylic acids is 1. The van der Waals surface area contributed by atoms with Crippen molar-refractivity contribution in [2.45, 2.75) is 18.9 Å². The fourth-order valence-electron chi connectivity index (χ4n) is 1.32. The zero-order chi connectivity index (χ0) is 12.7. The minimum absolute atomic E-state index is 0.00256. The van der Waals surface area contributed by atoms with E-state index in [1.54, 1.807) is 24.5 Å². The Morgan fingerprint density at radius 1 is 1.35 bits per heavy atom. The average molecular weight is 238 g/mol. The molecule has 0 spiro atoms. The van der Waals surface area contributed by atoms with Crippen LogP contribution in [0.5, 0.6) is 0 Å². The second kappa shape index (κ2) is 6.59. The third-order valence-electron chi connectivity index (χ3n) is 2.17. The van der Waals surface area contributed by atoms with Crippen molar-refractivity contribution in [1.82, 2.24) is 10.3 Å². The molecule has 0 aliphatic heterocycles. The summed E-state index contributed by atoms with van der Waals surface area (Å²) in [6, 6.07) is 2.32. The van der Waals surface area contributed by atoms with Crippen LogP contribution in [0.1, 0.15) is 12.0 Å². The first-order chi connectivity index (χ1) is 8.13. The molecule has 1 aromatic rings. The van der Waals surface area contributed by atoms with Crippen molar-refractivity contribution < 1.29 is 19.8 Å². The number of amides is 1. The third kappa shape index (κ3) is 4.60. The summed E-state index contributed by atoms with van der Waals surface area (Å²) in [4.78, 5) is 26.1. The Morgan fingerprint density at radius 2 is 2.00 bits per heavy atom. The Labute approximate surface area is 98.3 Å². The van der Waals surface area contributed by atoms with Crippen LogP contribution in [0, 0.1) is 0 Å². The van der Waals surface area contributed by atoms with Crippen LogP contribution in [0.2, 0.25) is 0 Å². The number of aliphatic hydroxyl groups is 1. The summed E-state index contributed by atoms with van der Waals surface area (Å²) in [6.45, 7) is -0.285. The number of aliphatic hydroxyl groups excluding tert-OH is 1. The summed E-state index contributed by atoms with van der Waals surface area (Å²) in [5.74, 6) is -1.54. The zero-order valence-electron chi connectivity index (χ0n) is 9.17. The highest BCUT2D eigenvalue weighted by atomic mass is 16.4. The van der Waals surface area contributed by atoms with E-state index < -0.39 is 17.9 Å². The Balaban J connectivity index is 2.51. The van der Waals surface area contributed by atoms with Crippen molar-refractivity contribution in [3.63, 3.8) is 0 Å². The van der Waals surface area contributed by atoms with E-state index in [1.807, 2.05) is 0 Å². The van der Waals surface area contributed by atoms with E-state index in [0.717, 1.165) is 5.56 Å². The molecule has 1 heterocycles. The lowest BCUT2D eigenvalue weighted by molar-refractivity contribution is -0.142. The van der Waals surface area contributed by atoms with Gasteiger partial charge in [0.2, 0.25) is 5.91 Å². The van der Waals surface area contributed by atoms with Crippen LogP contribution in [0.15, 0.2) is 24.5 Å². The van der Waals surface area contributed by atoms with Gasteiger partial charge in [-0.25, -0.2) is 4.79 Å². The van der Waals surface area contributed by atoms with Crippen molar-refractivity contribution in [2.24, 2.45) is 0 Å². The van der Waals surface area contributed by atoms with Crippen molar-refractivity contribution in [3.8, 4) is 0 Å². The zero-order valence-corrected chi connectivity index (χ0v) is 9.17. The van der Waals surface area contributed by atoms with E-state index in [0.29, 0.717) is 0 Å². The fourth-order valence-corrected chi connectivity index (χ4v) is 1.32. The number of hydrogen-bond acceptors (Lipinski definition) is 4. The van der Waals surface area contributed by atoms with E-state index in [4.69, 9.17) is 10.2 Å². The maximum Gasteiger partial charge on any atom is 0.326 e. The molecular formula is C11H14N2O4. The molecule has 0 saturated heterocycles. The number of nitrogens with one attached hydrogen (secondary N) is 1. The Morgan fingerprint density at radius 3 is 2.53 bits per heavy atom. The predicted octanol–water partition coefficient (Wildman–Crippen LogP) is -0.424. The molecule has 6 nitrogen and oxygen atoms in total. The number of carbonyl (C=O) groups excluding carboxylic acids is 1. The van der Waals surface area contributed by atoms with Crippen molar-refractivity contribution in [3.05, 3.63) is 30.1 Å². The third-order valence-corrected chi connectivity index (χ3v) is 2.17. The van der Waals surface area contributed by atoms with Gasteiger partial charge in [0, 0.05) is 25.4 Å². The summed E-state index contributed by atoms with van der Waals surface area (Å²) < 4.78 is 0. The SMILES string of the molecule is O=C(Cc1ccncc1)N[C@@H](CCO)C(=O)O.